The van der Waals surface area contributed by atoms with Gasteiger partial charge in [-0.2, -0.15) is 0 Å². The third-order valence-corrected chi connectivity index (χ3v) is 9.39. The molecule has 4 aliphatic rings. The van der Waals surface area contributed by atoms with Gasteiger partial charge in [0.25, 0.3) is 5.91 Å². The molecule has 9 heteroatoms. The molecule has 5 rings (SSSR count). The first-order valence-corrected chi connectivity index (χ1v) is 14.4. The number of urea groups is 2. The largest absolute Gasteiger partial charge is 0.352 e. The Labute approximate surface area is 224 Å². The Morgan fingerprint density at radius 3 is 2.55 bits per heavy atom. The third-order valence-electron chi connectivity index (χ3n) is 9.39. The number of likely N-dealkylation sites (tertiary alicyclic amines) is 1. The molecular weight excluding hydrogens is 482 g/mol. The molecule has 1 aromatic rings. The minimum Gasteiger partial charge on any atom is -0.352 e. The van der Waals surface area contributed by atoms with Crippen molar-refractivity contribution < 1.29 is 19.2 Å². The van der Waals surface area contributed by atoms with Crippen molar-refractivity contribution >= 4 is 23.9 Å². The number of nitrogens with zero attached hydrogens (tertiary/aromatic N) is 2. The zero-order valence-corrected chi connectivity index (χ0v) is 22.3. The molecule has 1 spiro atoms. The Hall–Kier alpha value is -3.10. The van der Waals surface area contributed by atoms with Crippen molar-refractivity contribution in [3.05, 3.63) is 35.4 Å². The van der Waals surface area contributed by atoms with Crippen LogP contribution in [-0.2, 0) is 21.4 Å². The highest BCUT2D eigenvalue weighted by molar-refractivity contribution is 6.07. The number of nitrogens with two attached hydrogens (primary N) is 1. The predicted molar refractivity (Wildman–Crippen MR) is 143 cm³/mol. The smallest absolute Gasteiger partial charge is 0.325 e. The van der Waals surface area contributed by atoms with E-state index in [4.69, 9.17) is 5.73 Å². The molecule has 2 saturated heterocycles. The number of primary amides is 1. The summed E-state index contributed by atoms with van der Waals surface area (Å²) in [5.41, 5.74) is 8.12. The Balaban J connectivity index is 1.28. The van der Waals surface area contributed by atoms with E-state index < -0.39 is 24.1 Å². The van der Waals surface area contributed by atoms with Gasteiger partial charge >= 0.3 is 12.1 Å². The topological polar surface area (TPSA) is 125 Å². The SMILES string of the molecule is NC(=O)NCCC[C@H]1NC(=O)N([C@H](CC2CCCCC2)C(=O)N2CCC3(CCc4ccccc43)CC2)C1=O. The van der Waals surface area contributed by atoms with Gasteiger partial charge in [0, 0.05) is 19.6 Å². The highest BCUT2D eigenvalue weighted by atomic mass is 16.2. The Kier molecular flexibility index (Phi) is 7.91. The zero-order valence-electron chi connectivity index (χ0n) is 22.3. The Morgan fingerprint density at radius 2 is 1.82 bits per heavy atom. The molecule has 0 radical (unpaired) electrons. The predicted octanol–water partition coefficient (Wildman–Crippen LogP) is 3.20. The molecule has 38 heavy (non-hydrogen) atoms. The number of fused-ring (bicyclic) bond motifs is 2. The molecule has 6 amide bonds. The van der Waals surface area contributed by atoms with Crippen LogP contribution in [0.2, 0.25) is 0 Å². The number of imide groups is 1. The van der Waals surface area contributed by atoms with Crippen molar-refractivity contribution in [1.29, 1.82) is 0 Å². The summed E-state index contributed by atoms with van der Waals surface area (Å²) < 4.78 is 0. The van der Waals surface area contributed by atoms with Crippen LogP contribution in [0.15, 0.2) is 24.3 Å². The Morgan fingerprint density at radius 1 is 1.08 bits per heavy atom. The van der Waals surface area contributed by atoms with Crippen LogP contribution in [0, 0.1) is 5.92 Å². The average molecular weight is 524 g/mol. The molecule has 0 unspecified atom stereocenters. The van der Waals surface area contributed by atoms with Crippen LogP contribution in [0.5, 0.6) is 0 Å². The number of rotatable bonds is 8. The van der Waals surface area contributed by atoms with Crippen molar-refractivity contribution in [2.45, 2.75) is 94.5 Å². The number of piperidine rings is 1. The van der Waals surface area contributed by atoms with Gasteiger partial charge in [0.15, 0.2) is 0 Å². The minimum absolute atomic E-state index is 0.0868. The van der Waals surface area contributed by atoms with Gasteiger partial charge in [-0.1, -0.05) is 56.4 Å². The third kappa shape index (κ3) is 5.38. The first kappa shape index (κ1) is 26.5. The van der Waals surface area contributed by atoms with E-state index in [1.54, 1.807) is 0 Å². The molecule has 4 N–H and O–H groups in total. The number of benzene rings is 1. The van der Waals surface area contributed by atoms with Gasteiger partial charge in [0.1, 0.15) is 12.1 Å². The summed E-state index contributed by atoms with van der Waals surface area (Å²) in [5, 5.41) is 5.30. The summed E-state index contributed by atoms with van der Waals surface area (Å²) in [4.78, 5) is 54.6. The van der Waals surface area contributed by atoms with Crippen molar-refractivity contribution in [2.75, 3.05) is 19.6 Å². The van der Waals surface area contributed by atoms with E-state index >= 15 is 0 Å². The van der Waals surface area contributed by atoms with Crippen molar-refractivity contribution in [1.82, 2.24) is 20.4 Å². The van der Waals surface area contributed by atoms with E-state index in [1.165, 1.54) is 22.4 Å². The highest BCUT2D eigenvalue weighted by Crippen LogP contribution is 2.46. The number of nitrogens with one attached hydrogen (secondary N) is 2. The molecule has 3 fully saturated rings. The van der Waals surface area contributed by atoms with Crippen LogP contribution in [0.4, 0.5) is 9.59 Å². The van der Waals surface area contributed by atoms with Gasteiger partial charge in [0.2, 0.25) is 5.91 Å². The van der Waals surface area contributed by atoms with Gasteiger partial charge in [0.05, 0.1) is 0 Å². The van der Waals surface area contributed by atoms with E-state index in [9.17, 15) is 19.2 Å². The number of carbonyl (C=O) groups is 4. The number of carbonyl (C=O) groups excluding carboxylic acids is 4. The molecule has 1 saturated carbocycles. The number of amides is 6. The summed E-state index contributed by atoms with van der Waals surface area (Å²) in [6.07, 6.45) is 11.0. The lowest BCUT2D eigenvalue weighted by Gasteiger charge is -2.42. The van der Waals surface area contributed by atoms with Crippen LogP contribution in [-0.4, -0.2) is 65.4 Å². The highest BCUT2D eigenvalue weighted by Gasteiger charge is 2.48. The first-order chi connectivity index (χ1) is 18.4. The molecule has 0 bridgehead atoms. The molecule has 1 aromatic carbocycles. The summed E-state index contributed by atoms with van der Waals surface area (Å²) in [5.74, 6) is -0.0763. The summed E-state index contributed by atoms with van der Waals surface area (Å²) in [6.45, 7) is 1.64. The average Bonchev–Trinajstić information content (AvgIpc) is 3.42. The number of aryl methyl sites for hydroxylation is 1. The Bertz CT molecular complexity index is 1060. The van der Waals surface area contributed by atoms with Crippen LogP contribution >= 0.6 is 0 Å². The monoisotopic (exact) mass is 523 g/mol. The maximum absolute atomic E-state index is 14.0. The maximum atomic E-state index is 14.0. The van der Waals surface area contributed by atoms with E-state index in [1.807, 2.05) is 4.90 Å². The molecule has 2 atom stereocenters. The minimum atomic E-state index is -0.760. The fourth-order valence-electron chi connectivity index (χ4n) is 7.26. The quantitative estimate of drug-likeness (QED) is 0.357. The van der Waals surface area contributed by atoms with E-state index in [2.05, 4.69) is 34.9 Å². The fraction of sp³-hybridized carbons (Fsp3) is 0.655. The first-order valence-electron chi connectivity index (χ1n) is 14.4. The second-order valence-electron chi connectivity index (χ2n) is 11.7. The second-order valence-corrected chi connectivity index (χ2v) is 11.7. The normalized spacial score (nSPS) is 23.8. The molecule has 9 nitrogen and oxygen atoms in total. The molecule has 0 aromatic heterocycles. The van der Waals surface area contributed by atoms with Gasteiger partial charge in [-0.25, -0.2) is 14.5 Å². The summed E-state index contributed by atoms with van der Waals surface area (Å²) >= 11 is 0. The van der Waals surface area contributed by atoms with Crippen LogP contribution in [0.1, 0.15) is 81.8 Å². The fourth-order valence-corrected chi connectivity index (χ4v) is 7.26. The standard InChI is InChI=1S/C29H41N5O4/c30-27(37)31-16-6-11-23-25(35)34(28(38)32-23)24(19-20-7-2-1-3-8-20)26(36)33-17-14-29(15-18-33)13-12-21-9-4-5-10-22(21)29/h4-5,9-10,20,23-24H,1-3,6-8,11-19H2,(H,32,38)(H3,30,31,37)/t23-,24-/m1/s1. The van der Waals surface area contributed by atoms with Crippen LogP contribution in [0.3, 0.4) is 0 Å². The molecule has 2 heterocycles. The van der Waals surface area contributed by atoms with Crippen molar-refractivity contribution in [3.8, 4) is 0 Å². The van der Waals surface area contributed by atoms with Crippen molar-refractivity contribution in [2.24, 2.45) is 11.7 Å². The zero-order chi connectivity index (χ0) is 26.7. The molecular formula is C29H41N5O4. The number of hydrogen-bond donors (Lipinski definition) is 3. The lowest BCUT2D eigenvalue weighted by atomic mass is 9.73. The van der Waals surface area contributed by atoms with Gasteiger partial charge < -0.3 is 21.3 Å². The second kappa shape index (κ2) is 11.3. The molecule has 206 valence electrons. The van der Waals surface area contributed by atoms with Crippen LogP contribution in [0.25, 0.3) is 0 Å². The lowest BCUT2D eigenvalue weighted by molar-refractivity contribution is -0.144. The van der Waals surface area contributed by atoms with E-state index in [0.29, 0.717) is 44.8 Å². The molecule has 2 aliphatic heterocycles. The van der Waals surface area contributed by atoms with Crippen LogP contribution < -0.4 is 16.4 Å². The maximum Gasteiger partial charge on any atom is 0.325 e. The van der Waals surface area contributed by atoms with Gasteiger partial charge in [-0.3, -0.25) is 9.59 Å². The van der Waals surface area contributed by atoms with E-state index in [0.717, 1.165) is 51.4 Å². The van der Waals surface area contributed by atoms with Crippen molar-refractivity contribution in [3.63, 3.8) is 0 Å². The van der Waals surface area contributed by atoms with E-state index in [-0.39, 0.29) is 17.2 Å². The number of hydrogen-bond acceptors (Lipinski definition) is 4. The summed E-state index contributed by atoms with van der Waals surface area (Å²) in [7, 11) is 0. The van der Waals surface area contributed by atoms with Gasteiger partial charge in [-0.15, -0.1) is 0 Å². The van der Waals surface area contributed by atoms with Gasteiger partial charge in [-0.05, 0) is 67.4 Å². The lowest BCUT2D eigenvalue weighted by Crippen LogP contribution is -2.55. The summed E-state index contributed by atoms with van der Waals surface area (Å²) in [6, 6.07) is 6.15. The molecule has 2 aliphatic carbocycles.